The van der Waals surface area contributed by atoms with E-state index in [-0.39, 0.29) is 27.9 Å². The molecule has 1 rings (SSSR count). The first-order chi connectivity index (χ1) is 5.16. The van der Waals surface area contributed by atoms with Gasteiger partial charge in [-0.1, -0.05) is 27.7 Å². The van der Waals surface area contributed by atoms with Crippen LogP contribution in [0.5, 0.6) is 0 Å². The maximum Gasteiger partial charge on any atom is 0.0177 e. The monoisotopic (exact) mass is 249 g/mol. The van der Waals surface area contributed by atoms with E-state index in [1.54, 1.807) is 0 Å². The van der Waals surface area contributed by atoms with Crippen LogP contribution in [-0.4, -0.2) is 5.54 Å². The lowest BCUT2D eigenvalue weighted by Gasteiger charge is -2.51. The lowest BCUT2D eigenvalue weighted by Crippen LogP contribution is -2.55. The number of hydrogen-bond acceptors (Lipinski definition) is 1. The molecule has 1 nitrogen and oxygen atoms in total. The second-order valence-electron chi connectivity index (χ2n) is 6.14. The van der Waals surface area contributed by atoms with E-state index in [0.717, 1.165) is 6.42 Å². The number of nitrogens with two attached hydrogens (primary N) is 1. The molecule has 2 heteroatoms. The first-order valence-electron chi connectivity index (χ1n) is 4.95. The smallest absolute Gasteiger partial charge is 0.0177 e. The van der Waals surface area contributed by atoms with Crippen LogP contribution in [0.2, 0.25) is 0 Å². The van der Waals surface area contributed by atoms with Crippen molar-refractivity contribution >= 4 is 17.0 Å². The molecule has 2 N–H and O–H groups in total. The van der Waals surface area contributed by atoms with Crippen molar-refractivity contribution in [3.05, 3.63) is 0 Å². The molecule has 0 radical (unpaired) electrons. The SMILES string of the molecule is Br.CC1(C)CCC(C)(N)C(C)(C)C1. The van der Waals surface area contributed by atoms with Crippen LogP contribution >= 0.6 is 17.0 Å². The molecular weight excluding hydrogens is 226 g/mol. The zero-order valence-corrected chi connectivity index (χ0v) is 11.3. The summed E-state index contributed by atoms with van der Waals surface area (Å²) < 4.78 is 0. The minimum absolute atomic E-state index is 0. The van der Waals surface area contributed by atoms with Crippen LogP contribution in [-0.2, 0) is 0 Å². The topological polar surface area (TPSA) is 26.0 Å². The Balaban J connectivity index is 0.00000144. The van der Waals surface area contributed by atoms with E-state index in [1.165, 1.54) is 12.8 Å². The lowest BCUT2D eigenvalue weighted by atomic mass is 9.57. The predicted octanol–water partition coefficient (Wildman–Crippen LogP) is 3.52. The molecule has 0 aromatic carbocycles. The lowest BCUT2D eigenvalue weighted by molar-refractivity contribution is 0.0351. The third-order valence-corrected chi connectivity index (χ3v) is 3.79. The van der Waals surface area contributed by atoms with Crippen molar-refractivity contribution in [3.63, 3.8) is 0 Å². The first kappa shape index (κ1) is 13.4. The van der Waals surface area contributed by atoms with E-state index in [0.29, 0.717) is 5.41 Å². The fraction of sp³-hybridized carbons (Fsp3) is 1.00. The Morgan fingerprint density at radius 2 is 1.38 bits per heavy atom. The summed E-state index contributed by atoms with van der Waals surface area (Å²) in [7, 11) is 0. The van der Waals surface area contributed by atoms with Crippen LogP contribution in [0.3, 0.4) is 0 Å². The summed E-state index contributed by atoms with van der Waals surface area (Å²) in [6.07, 6.45) is 3.67. The third-order valence-electron chi connectivity index (χ3n) is 3.79. The van der Waals surface area contributed by atoms with Crippen molar-refractivity contribution in [2.75, 3.05) is 0 Å². The average molecular weight is 250 g/mol. The van der Waals surface area contributed by atoms with Gasteiger partial charge in [0.2, 0.25) is 0 Å². The summed E-state index contributed by atoms with van der Waals surface area (Å²) in [6, 6.07) is 0. The molecule has 1 unspecified atom stereocenters. The largest absolute Gasteiger partial charge is 0.325 e. The Labute approximate surface area is 93.2 Å². The van der Waals surface area contributed by atoms with E-state index < -0.39 is 0 Å². The van der Waals surface area contributed by atoms with Gasteiger partial charge in [0.25, 0.3) is 0 Å². The molecule has 0 aromatic rings. The molecule has 1 saturated carbocycles. The maximum absolute atomic E-state index is 6.28. The van der Waals surface area contributed by atoms with Crippen molar-refractivity contribution in [2.45, 2.75) is 59.4 Å². The molecule has 0 saturated heterocycles. The van der Waals surface area contributed by atoms with E-state index in [1.807, 2.05) is 0 Å². The zero-order valence-electron chi connectivity index (χ0n) is 9.61. The van der Waals surface area contributed by atoms with Crippen molar-refractivity contribution in [1.82, 2.24) is 0 Å². The molecule has 0 bridgehead atoms. The zero-order chi connectivity index (χ0) is 9.62. The summed E-state index contributed by atoms with van der Waals surface area (Å²) in [5.74, 6) is 0. The minimum Gasteiger partial charge on any atom is -0.325 e. The van der Waals surface area contributed by atoms with Gasteiger partial charge < -0.3 is 5.73 Å². The van der Waals surface area contributed by atoms with Gasteiger partial charge in [-0.25, -0.2) is 0 Å². The molecule has 1 aliphatic rings. The van der Waals surface area contributed by atoms with Crippen LogP contribution in [0, 0.1) is 10.8 Å². The van der Waals surface area contributed by atoms with Crippen molar-refractivity contribution in [2.24, 2.45) is 16.6 Å². The minimum atomic E-state index is 0. The highest BCUT2D eigenvalue weighted by Gasteiger charge is 2.45. The van der Waals surface area contributed by atoms with Gasteiger partial charge in [0.1, 0.15) is 0 Å². The molecule has 1 fully saturated rings. The van der Waals surface area contributed by atoms with Gasteiger partial charge >= 0.3 is 0 Å². The Bertz CT molecular complexity index is 183. The fourth-order valence-electron chi connectivity index (χ4n) is 2.42. The maximum atomic E-state index is 6.28. The molecule has 80 valence electrons. The second-order valence-corrected chi connectivity index (χ2v) is 6.14. The van der Waals surface area contributed by atoms with E-state index in [2.05, 4.69) is 34.6 Å². The van der Waals surface area contributed by atoms with Gasteiger partial charge in [0.15, 0.2) is 0 Å². The third kappa shape index (κ3) is 2.69. The Hall–Kier alpha value is 0.440. The van der Waals surface area contributed by atoms with Crippen LogP contribution in [0.15, 0.2) is 0 Å². The van der Waals surface area contributed by atoms with Gasteiger partial charge in [-0.2, -0.15) is 0 Å². The van der Waals surface area contributed by atoms with Gasteiger partial charge in [-0.15, -0.1) is 17.0 Å². The van der Waals surface area contributed by atoms with Crippen LogP contribution < -0.4 is 5.73 Å². The van der Waals surface area contributed by atoms with Gasteiger partial charge in [-0.3, -0.25) is 0 Å². The van der Waals surface area contributed by atoms with Gasteiger partial charge in [0, 0.05) is 5.54 Å². The number of hydrogen-bond donors (Lipinski definition) is 1. The highest BCUT2D eigenvalue weighted by molar-refractivity contribution is 8.93. The van der Waals surface area contributed by atoms with Crippen molar-refractivity contribution < 1.29 is 0 Å². The predicted molar refractivity (Wildman–Crippen MR) is 64.3 cm³/mol. The molecule has 0 aliphatic heterocycles. The van der Waals surface area contributed by atoms with Crippen molar-refractivity contribution in [1.29, 1.82) is 0 Å². The molecule has 0 aromatic heterocycles. The van der Waals surface area contributed by atoms with Crippen LogP contribution in [0.4, 0.5) is 0 Å². The van der Waals surface area contributed by atoms with Gasteiger partial charge in [0.05, 0.1) is 0 Å². The Morgan fingerprint density at radius 1 is 0.923 bits per heavy atom. The summed E-state index contributed by atoms with van der Waals surface area (Å²) in [4.78, 5) is 0. The molecule has 0 heterocycles. The van der Waals surface area contributed by atoms with E-state index in [9.17, 15) is 0 Å². The normalized spacial score (nSPS) is 36.5. The Morgan fingerprint density at radius 3 is 1.69 bits per heavy atom. The molecule has 1 aliphatic carbocycles. The standard InChI is InChI=1S/C11H23N.BrH/c1-9(2)6-7-11(5,12)10(3,4)8-9;/h6-8,12H2,1-5H3;1H. The number of halogens is 1. The summed E-state index contributed by atoms with van der Waals surface area (Å²) in [5, 5.41) is 0. The Kier molecular flexibility index (Phi) is 3.66. The van der Waals surface area contributed by atoms with Crippen LogP contribution in [0.25, 0.3) is 0 Å². The molecular formula is C11H24BrN. The highest BCUT2D eigenvalue weighted by atomic mass is 79.9. The van der Waals surface area contributed by atoms with Gasteiger partial charge in [-0.05, 0) is 37.0 Å². The summed E-state index contributed by atoms with van der Waals surface area (Å²) in [5.41, 5.74) is 7.08. The summed E-state index contributed by atoms with van der Waals surface area (Å²) in [6.45, 7) is 11.5. The molecule has 0 spiro atoms. The number of rotatable bonds is 0. The quantitative estimate of drug-likeness (QED) is 0.699. The molecule has 1 atom stereocenters. The van der Waals surface area contributed by atoms with Crippen molar-refractivity contribution in [3.8, 4) is 0 Å². The van der Waals surface area contributed by atoms with Crippen LogP contribution in [0.1, 0.15) is 53.9 Å². The average Bonchev–Trinajstić information content (AvgIpc) is 1.79. The fourth-order valence-corrected chi connectivity index (χ4v) is 2.42. The van der Waals surface area contributed by atoms with E-state index >= 15 is 0 Å². The molecule has 13 heavy (non-hydrogen) atoms. The first-order valence-corrected chi connectivity index (χ1v) is 4.95. The molecule has 0 amide bonds. The summed E-state index contributed by atoms with van der Waals surface area (Å²) >= 11 is 0. The van der Waals surface area contributed by atoms with E-state index in [4.69, 9.17) is 5.73 Å². The second kappa shape index (κ2) is 3.54. The highest BCUT2D eigenvalue weighted by Crippen LogP contribution is 2.49.